The molecule has 1 saturated heterocycles. The van der Waals surface area contributed by atoms with Crippen molar-refractivity contribution in [2.45, 2.75) is 65.5 Å². The van der Waals surface area contributed by atoms with E-state index in [-0.39, 0.29) is 17.9 Å². The van der Waals surface area contributed by atoms with Gasteiger partial charge in [-0.2, -0.15) is 0 Å². The first-order valence-electron chi connectivity index (χ1n) is 6.29. The van der Waals surface area contributed by atoms with Crippen molar-refractivity contribution in [2.75, 3.05) is 13.1 Å². The van der Waals surface area contributed by atoms with Gasteiger partial charge in [0.05, 0.1) is 0 Å². The van der Waals surface area contributed by atoms with Crippen molar-refractivity contribution < 1.29 is 0 Å². The third kappa shape index (κ3) is 4.23. The minimum Gasteiger partial charge on any atom is -0.324 e. The van der Waals surface area contributed by atoms with Gasteiger partial charge in [-0.15, -0.1) is 12.4 Å². The predicted molar refractivity (Wildman–Crippen MR) is 74.2 cm³/mol. The highest BCUT2D eigenvalue weighted by molar-refractivity contribution is 5.85. The first-order chi connectivity index (χ1) is 6.76. The molecule has 1 fully saturated rings. The van der Waals surface area contributed by atoms with E-state index < -0.39 is 0 Å². The van der Waals surface area contributed by atoms with Gasteiger partial charge in [0.2, 0.25) is 0 Å². The molecule has 0 aromatic heterocycles. The Kier molecular flexibility index (Phi) is 5.78. The molecule has 16 heavy (non-hydrogen) atoms. The molecule has 0 spiro atoms. The lowest BCUT2D eigenvalue weighted by atomic mass is 9.80. The van der Waals surface area contributed by atoms with E-state index in [0.717, 1.165) is 12.6 Å². The van der Waals surface area contributed by atoms with E-state index in [1.54, 1.807) is 0 Å². The number of rotatable bonds is 4. The summed E-state index contributed by atoms with van der Waals surface area (Å²) in [6, 6.07) is 0.727. The third-order valence-electron chi connectivity index (χ3n) is 3.79. The zero-order valence-electron chi connectivity index (χ0n) is 11.5. The summed E-state index contributed by atoms with van der Waals surface area (Å²) >= 11 is 0. The zero-order chi connectivity index (χ0) is 11.7. The Balaban J connectivity index is 0.00000225. The fraction of sp³-hybridized carbons (Fsp3) is 1.00. The fourth-order valence-electron chi connectivity index (χ4n) is 2.66. The molecule has 1 rings (SSSR count). The largest absolute Gasteiger partial charge is 0.324 e. The van der Waals surface area contributed by atoms with E-state index in [2.05, 4.69) is 39.5 Å². The summed E-state index contributed by atoms with van der Waals surface area (Å²) in [6.45, 7) is 13.6. The van der Waals surface area contributed by atoms with Gasteiger partial charge in [-0.25, -0.2) is 0 Å². The van der Waals surface area contributed by atoms with Crippen molar-refractivity contribution in [1.29, 1.82) is 0 Å². The molecule has 0 saturated carbocycles. The molecule has 0 aromatic rings. The predicted octanol–water partition coefficient (Wildman–Crippen LogP) is 3.05. The Morgan fingerprint density at radius 3 is 2.25 bits per heavy atom. The second-order valence-electron chi connectivity index (χ2n) is 6.46. The van der Waals surface area contributed by atoms with Gasteiger partial charge < -0.3 is 5.73 Å². The zero-order valence-corrected chi connectivity index (χ0v) is 12.4. The molecule has 0 aromatic carbocycles. The SMILES string of the molecule is CCC(C)(C)C1CCCN1CC(C)(C)N.Cl. The van der Waals surface area contributed by atoms with Crippen LogP contribution in [0, 0.1) is 5.41 Å². The molecule has 2 nitrogen and oxygen atoms in total. The Morgan fingerprint density at radius 2 is 1.81 bits per heavy atom. The topological polar surface area (TPSA) is 29.3 Å². The van der Waals surface area contributed by atoms with E-state index in [0.29, 0.717) is 5.41 Å². The van der Waals surface area contributed by atoms with Crippen LogP contribution in [0.3, 0.4) is 0 Å². The highest BCUT2D eigenvalue weighted by atomic mass is 35.5. The van der Waals surface area contributed by atoms with Crippen LogP contribution in [0.4, 0.5) is 0 Å². The summed E-state index contributed by atoms with van der Waals surface area (Å²) in [5.41, 5.74) is 6.49. The van der Waals surface area contributed by atoms with E-state index in [4.69, 9.17) is 5.73 Å². The van der Waals surface area contributed by atoms with Gasteiger partial charge in [0.25, 0.3) is 0 Å². The second-order valence-corrected chi connectivity index (χ2v) is 6.46. The number of likely N-dealkylation sites (tertiary alicyclic amines) is 1. The molecule has 2 N–H and O–H groups in total. The second kappa shape index (κ2) is 5.70. The van der Waals surface area contributed by atoms with Crippen LogP contribution >= 0.6 is 12.4 Å². The van der Waals surface area contributed by atoms with Crippen molar-refractivity contribution in [3.05, 3.63) is 0 Å². The van der Waals surface area contributed by atoms with Gasteiger partial charge in [-0.3, -0.25) is 4.90 Å². The lowest BCUT2D eigenvalue weighted by molar-refractivity contribution is 0.105. The van der Waals surface area contributed by atoms with Crippen LogP contribution in [-0.2, 0) is 0 Å². The van der Waals surface area contributed by atoms with Crippen LogP contribution in [0.5, 0.6) is 0 Å². The quantitative estimate of drug-likeness (QED) is 0.829. The molecular weight excluding hydrogens is 220 g/mol. The molecule has 0 radical (unpaired) electrons. The number of nitrogens with zero attached hydrogens (tertiary/aromatic N) is 1. The summed E-state index contributed by atoms with van der Waals surface area (Å²) in [6.07, 6.45) is 3.93. The van der Waals surface area contributed by atoms with E-state index in [1.165, 1.54) is 25.8 Å². The van der Waals surface area contributed by atoms with Crippen molar-refractivity contribution in [3.63, 3.8) is 0 Å². The molecule has 0 aliphatic carbocycles. The first kappa shape index (κ1) is 16.2. The Bertz CT molecular complexity index is 208. The smallest absolute Gasteiger partial charge is 0.0226 e. The van der Waals surface area contributed by atoms with Crippen molar-refractivity contribution >= 4 is 12.4 Å². The summed E-state index contributed by atoms with van der Waals surface area (Å²) in [7, 11) is 0. The maximum Gasteiger partial charge on any atom is 0.0226 e. The number of hydrogen-bond donors (Lipinski definition) is 1. The van der Waals surface area contributed by atoms with Crippen molar-refractivity contribution in [3.8, 4) is 0 Å². The lowest BCUT2D eigenvalue weighted by Crippen LogP contribution is -2.50. The fourth-order valence-corrected chi connectivity index (χ4v) is 2.66. The van der Waals surface area contributed by atoms with E-state index in [1.807, 2.05) is 0 Å². The Hall–Kier alpha value is 0.210. The minimum atomic E-state index is -0.0631. The van der Waals surface area contributed by atoms with Crippen LogP contribution in [-0.4, -0.2) is 29.6 Å². The number of hydrogen-bond acceptors (Lipinski definition) is 2. The average Bonchev–Trinajstić information content (AvgIpc) is 2.50. The molecule has 1 unspecified atom stereocenters. The highest BCUT2D eigenvalue weighted by Crippen LogP contribution is 2.36. The molecular formula is C13H29ClN2. The molecule has 98 valence electrons. The molecule has 1 heterocycles. The van der Waals surface area contributed by atoms with Gasteiger partial charge in [-0.1, -0.05) is 20.8 Å². The Labute approximate surface area is 107 Å². The van der Waals surface area contributed by atoms with Gasteiger partial charge in [0, 0.05) is 18.1 Å². The molecule has 3 heteroatoms. The average molecular weight is 249 g/mol. The van der Waals surface area contributed by atoms with Crippen LogP contribution in [0.1, 0.15) is 53.9 Å². The van der Waals surface area contributed by atoms with Crippen molar-refractivity contribution in [2.24, 2.45) is 11.1 Å². The molecule has 1 aliphatic heterocycles. The molecule has 1 aliphatic rings. The summed E-state index contributed by atoms with van der Waals surface area (Å²) in [4.78, 5) is 2.60. The van der Waals surface area contributed by atoms with Crippen molar-refractivity contribution in [1.82, 2.24) is 4.90 Å². The van der Waals surface area contributed by atoms with Gasteiger partial charge in [0.15, 0.2) is 0 Å². The van der Waals surface area contributed by atoms with Crippen LogP contribution in [0.15, 0.2) is 0 Å². The minimum absolute atomic E-state index is 0. The number of nitrogens with two attached hydrogens (primary N) is 1. The summed E-state index contributed by atoms with van der Waals surface area (Å²) < 4.78 is 0. The standard InChI is InChI=1S/C13H28N2.ClH/c1-6-12(2,3)11-8-7-9-15(11)10-13(4,5)14;/h11H,6-10,14H2,1-5H3;1H. The highest BCUT2D eigenvalue weighted by Gasteiger charge is 2.37. The maximum absolute atomic E-state index is 6.12. The molecule has 0 bridgehead atoms. The Morgan fingerprint density at radius 1 is 1.25 bits per heavy atom. The van der Waals surface area contributed by atoms with Gasteiger partial charge in [-0.05, 0) is 45.1 Å². The number of halogens is 1. The monoisotopic (exact) mass is 248 g/mol. The third-order valence-corrected chi connectivity index (χ3v) is 3.79. The lowest BCUT2D eigenvalue weighted by Gasteiger charge is -2.40. The summed E-state index contributed by atoms with van der Waals surface area (Å²) in [5.74, 6) is 0. The van der Waals surface area contributed by atoms with Gasteiger partial charge >= 0.3 is 0 Å². The molecule has 1 atom stereocenters. The summed E-state index contributed by atoms with van der Waals surface area (Å²) in [5, 5.41) is 0. The van der Waals surface area contributed by atoms with Crippen LogP contribution < -0.4 is 5.73 Å². The van der Waals surface area contributed by atoms with E-state index >= 15 is 0 Å². The van der Waals surface area contributed by atoms with Gasteiger partial charge in [0.1, 0.15) is 0 Å². The normalized spacial score (nSPS) is 23.2. The van der Waals surface area contributed by atoms with Crippen LogP contribution in [0.2, 0.25) is 0 Å². The first-order valence-corrected chi connectivity index (χ1v) is 6.29. The van der Waals surface area contributed by atoms with Crippen LogP contribution in [0.25, 0.3) is 0 Å². The molecule has 0 amide bonds. The van der Waals surface area contributed by atoms with E-state index in [9.17, 15) is 0 Å². The maximum atomic E-state index is 6.12.